The second-order valence-electron chi connectivity index (χ2n) is 9.12. The number of hydrogen-bond acceptors (Lipinski definition) is 5. The van der Waals surface area contributed by atoms with E-state index in [1.54, 1.807) is 0 Å². The number of unbranched alkanes of at least 4 members (excludes halogenated alkanes) is 10. The molecule has 0 spiro atoms. The normalized spacial score (nSPS) is 11.6. The van der Waals surface area contributed by atoms with Crippen molar-refractivity contribution < 1.29 is 19.1 Å². The Balaban J connectivity index is 3.46. The van der Waals surface area contributed by atoms with Crippen LogP contribution in [0.2, 0.25) is 0 Å². The van der Waals surface area contributed by atoms with Gasteiger partial charge in [-0.2, -0.15) is 0 Å². The average Bonchev–Trinajstić information content (AvgIpc) is 2.82. The van der Waals surface area contributed by atoms with Crippen LogP contribution in [0.5, 0.6) is 0 Å². The molecular weight excluding hydrogens is 426 g/mol. The number of nitrogens with zero attached hydrogens (tertiary/aromatic N) is 1. The smallest absolute Gasteiger partial charge is 0.305 e. The van der Waals surface area contributed by atoms with Gasteiger partial charge in [-0.05, 0) is 58.4 Å². The van der Waals surface area contributed by atoms with Gasteiger partial charge >= 0.3 is 11.9 Å². The molecule has 0 aliphatic rings. The Kier molecular flexibility index (Phi) is 24.8. The van der Waals surface area contributed by atoms with Gasteiger partial charge in [0.15, 0.2) is 0 Å². The first-order chi connectivity index (χ1) is 16.6. The largest absolute Gasteiger partial charge is 0.464 e. The van der Waals surface area contributed by atoms with E-state index in [2.05, 4.69) is 38.2 Å². The van der Waals surface area contributed by atoms with Crippen molar-refractivity contribution in [3.05, 3.63) is 24.3 Å². The molecule has 0 aromatic carbocycles. The molecule has 0 aromatic rings. The molecule has 0 fully saturated rings. The van der Waals surface area contributed by atoms with Crippen LogP contribution in [0.1, 0.15) is 117 Å². The minimum atomic E-state index is -0.108. The molecule has 0 saturated heterocycles. The monoisotopic (exact) mass is 479 g/mol. The van der Waals surface area contributed by atoms with Gasteiger partial charge in [0, 0.05) is 25.9 Å². The molecule has 0 bridgehead atoms. The lowest BCUT2D eigenvalue weighted by Crippen LogP contribution is -2.28. The van der Waals surface area contributed by atoms with Gasteiger partial charge in [0.1, 0.15) is 13.2 Å². The van der Waals surface area contributed by atoms with Crippen molar-refractivity contribution in [3.63, 3.8) is 0 Å². The standard InChI is InChI=1S/C29H53NO4/c1-4-6-8-10-12-14-16-18-20-22-28(31)33-26-24-30(3)25-27-34-29(32)23-21-19-17-15-13-11-9-7-5-2/h6-9H,4-5,10-27H2,1-3H3/b8-6+,9-7+. The van der Waals surface area contributed by atoms with Crippen molar-refractivity contribution in [2.24, 2.45) is 0 Å². The fourth-order valence-corrected chi connectivity index (χ4v) is 3.58. The quantitative estimate of drug-likeness (QED) is 0.0820. The maximum absolute atomic E-state index is 11.8. The van der Waals surface area contributed by atoms with Gasteiger partial charge < -0.3 is 9.47 Å². The van der Waals surface area contributed by atoms with Crippen LogP contribution in [-0.2, 0) is 19.1 Å². The molecule has 0 amide bonds. The molecule has 0 N–H and O–H groups in total. The van der Waals surface area contributed by atoms with E-state index < -0.39 is 0 Å². The van der Waals surface area contributed by atoms with E-state index in [9.17, 15) is 9.59 Å². The molecular formula is C29H53NO4. The zero-order valence-electron chi connectivity index (χ0n) is 22.5. The predicted octanol–water partition coefficient (Wildman–Crippen LogP) is 7.40. The number of ether oxygens (including phenoxy) is 2. The highest BCUT2D eigenvalue weighted by Crippen LogP contribution is 2.09. The number of rotatable bonds is 24. The molecule has 0 heterocycles. The molecule has 34 heavy (non-hydrogen) atoms. The minimum absolute atomic E-state index is 0.108. The molecule has 0 unspecified atom stereocenters. The molecule has 5 heteroatoms. The summed E-state index contributed by atoms with van der Waals surface area (Å²) in [5.74, 6) is -0.216. The SMILES string of the molecule is CC/C=C/CCCCCCCC(=O)OCCN(C)CCOC(=O)CCCCCCC/C=C/CC. The summed E-state index contributed by atoms with van der Waals surface area (Å²) in [6.07, 6.45) is 25.8. The highest BCUT2D eigenvalue weighted by atomic mass is 16.5. The Morgan fingerprint density at radius 3 is 1.38 bits per heavy atom. The molecule has 198 valence electrons. The van der Waals surface area contributed by atoms with Crippen LogP contribution in [-0.4, -0.2) is 50.2 Å². The number of esters is 2. The van der Waals surface area contributed by atoms with E-state index >= 15 is 0 Å². The van der Waals surface area contributed by atoms with Gasteiger partial charge in [0.05, 0.1) is 0 Å². The number of carbonyl (C=O) groups is 2. The van der Waals surface area contributed by atoms with Crippen LogP contribution in [0.15, 0.2) is 24.3 Å². The first-order valence-corrected chi connectivity index (χ1v) is 13.9. The Hall–Kier alpha value is -1.62. The number of likely N-dealkylation sites (N-methyl/N-ethyl adjacent to an activating group) is 1. The van der Waals surface area contributed by atoms with E-state index in [0.29, 0.717) is 39.1 Å². The molecule has 0 radical (unpaired) electrons. The Morgan fingerprint density at radius 1 is 0.588 bits per heavy atom. The highest BCUT2D eigenvalue weighted by molar-refractivity contribution is 5.69. The minimum Gasteiger partial charge on any atom is -0.464 e. The fourth-order valence-electron chi connectivity index (χ4n) is 3.58. The van der Waals surface area contributed by atoms with Gasteiger partial charge in [-0.15, -0.1) is 0 Å². The lowest BCUT2D eigenvalue weighted by Gasteiger charge is -2.16. The van der Waals surface area contributed by atoms with Gasteiger partial charge in [-0.3, -0.25) is 14.5 Å². The first kappa shape index (κ1) is 32.4. The summed E-state index contributed by atoms with van der Waals surface area (Å²) in [5.41, 5.74) is 0. The first-order valence-electron chi connectivity index (χ1n) is 13.9. The Labute approximate surface area is 210 Å². The van der Waals surface area contributed by atoms with E-state index in [1.165, 1.54) is 51.4 Å². The second kappa shape index (κ2) is 26.0. The zero-order chi connectivity index (χ0) is 25.1. The third-order valence-electron chi connectivity index (χ3n) is 5.78. The molecule has 0 aliphatic heterocycles. The summed E-state index contributed by atoms with van der Waals surface area (Å²) >= 11 is 0. The van der Waals surface area contributed by atoms with Crippen molar-refractivity contribution in [3.8, 4) is 0 Å². The zero-order valence-corrected chi connectivity index (χ0v) is 22.5. The second-order valence-corrected chi connectivity index (χ2v) is 9.12. The average molecular weight is 480 g/mol. The molecule has 0 atom stereocenters. The third-order valence-corrected chi connectivity index (χ3v) is 5.78. The van der Waals surface area contributed by atoms with Crippen LogP contribution < -0.4 is 0 Å². The van der Waals surface area contributed by atoms with Gasteiger partial charge in [-0.25, -0.2) is 0 Å². The van der Waals surface area contributed by atoms with Crippen molar-refractivity contribution in [1.82, 2.24) is 4.90 Å². The topological polar surface area (TPSA) is 55.8 Å². The van der Waals surface area contributed by atoms with Crippen LogP contribution in [0, 0.1) is 0 Å². The Bertz CT molecular complexity index is 484. The van der Waals surface area contributed by atoms with Crippen molar-refractivity contribution in [2.45, 2.75) is 117 Å². The number of hydrogen-bond donors (Lipinski definition) is 0. The summed E-state index contributed by atoms with van der Waals surface area (Å²) in [7, 11) is 1.95. The molecule has 0 aliphatic carbocycles. The maximum atomic E-state index is 11.8. The van der Waals surface area contributed by atoms with Crippen LogP contribution >= 0.6 is 0 Å². The summed E-state index contributed by atoms with van der Waals surface area (Å²) < 4.78 is 10.6. The van der Waals surface area contributed by atoms with Crippen molar-refractivity contribution >= 4 is 11.9 Å². The summed E-state index contributed by atoms with van der Waals surface area (Å²) in [5, 5.41) is 0. The molecule has 0 rings (SSSR count). The van der Waals surface area contributed by atoms with Crippen molar-refractivity contribution in [1.29, 1.82) is 0 Å². The maximum Gasteiger partial charge on any atom is 0.305 e. The highest BCUT2D eigenvalue weighted by Gasteiger charge is 2.06. The van der Waals surface area contributed by atoms with E-state index in [0.717, 1.165) is 38.5 Å². The van der Waals surface area contributed by atoms with Crippen molar-refractivity contribution in [2.75, 3.05) is 33.4 Å². The lowest BCUT2D eigenvalue weighted by molar-refractivity contribution is -0.144. The van der Waals surface area contributed by atoms with E-state index in [1.807, 2.05) is 11.9 Å². The predicted molar refractivity (Wildman–Crippen MR) is 143 cm³/mol. The van der Waals surface area contributed by atoms with E-state index in [-0.39, 0.29) is 11.9 Å². The van der Waals surface area contributed by atoms with Crippen LogP contribution in [0.3, 0.4) is 0 Å². The summed E-state index contributed by atoms with van der Waals surface area (Å²) in [6, 6.07) is 0. The number of allylic oxidation sites excluding steroid dienone is 4. The van der Waals surface area contributed by atoms with Crippen LogP contribution in [0.25, 0.3) is 0 Å². The molecule has 0 aromatic heterocycles. The summed E-state index contributed by atoms with van der Waals surface area (Å²) in [6.45, 7) is 6.40. The van der Waals surface area contributed by atoms with Gasteiger partial charge in [0.2, 0.25) is 0 Å². The van der Waals surface area contributed by atoms with Gasteiger partial charge in [0.25, 0.3) is 0 Å². The fraction of sp³-hybridized carbons (Fsp3) is 0.793. The van der Waals surface area contributed by atoms with Crippen LogP contribution in [0.4, 0.5) is 0 Å². The summed E-state index contributed by atoms with van der Waals surface area (Å²) in [4.78, 5) is 25.7. The third kappa shape index (κ3) is 25.0. The molecule has 5 nitrogen and oxygen atoms in total. The van der Waals surface area contributed by atoms with Gasteiger partial charge in [-0.1, -0.05) is 76.7 Å². The van der Waals surface area contributed by atoms with E-state index in [4.69, 9.17) is 9.47 Å². The lowest BCUT2D eigenvalue weighted by atomic mass is 10.1. The number of carbonyl (C=O) groups excluding carboxylic acids is 2. The molecule has 0 saturated carbocycles. The Morgan fingerprint density at radius 2 is 0.971 bits per heavy atom.